The van der Waals surface area contributed by atoms with Crippen LogP contribution in [0.25, 0.3) is 11.3 Å². The molecule has 1 amide bonds. The lowest BCUT2D eigenvalue weighted by molar-refractivity contribution is -0.119. The van der Waals surface area contributed by atoms with Crippen LogP contribution < -0.4 is 4.74 Å². The quantitative estimate of drug-likeness (QED) is 0.307. The number of nitrogens with zero attached hydrogens (tertiary/aromatic N) is 5. The molecular weight excluding hydrogens is 440 g/mol. The zero-order valence-electron chi connectivity index (χ0n) is 19.4. The summed E-state index contributed by atoms with van der Waals surface area (Å²) in [5.74, 6) is -0.339. The molecule has 0 aliphatic carbocycles. The largest absolute Gasteiger partial charge is 0.467 e. The molecule has 3 aromatic rings. The minimum Gasteiger partial charge on any atom is -0.467 e. The van der Waals surface area contributed by atoms with Gasteiger partial charge in [-0.15, -0.1) is 0 Å². The zero-order chi connectivity index (χ0) is 24.5. The second-order valence-electron chi connectivity index (χ2n) is 7.73. The highest BCUT2D eigenvalue weighted by molar-refractivity contribution is 5.59. The molecule has 0 radical (unpaired) electrons. The first-order chi connectivity index (χ1) is 16.4. The molecule has 0 bridgehead atoms. The molecule has 0 N–H and O–H groups in total. The third-order valence-electron chi connectivity index (χ3n) is 5.15. The van der Waals surface area contributed by atoms with Gasteiger partial charge in [0, 0.05) is 30.9 Å². The zero-order valence-corrected chi connectivity index (χ0v) is 19.4. The molecule has 0 aliphatic rings. The number of ether oxygens (including phenoxy) is 1. The normalized spacial score (nSPS) is 12.7. The van der Waals surface area contributed by atoms with Crippen LogP contribution in [-0.2, 0) is 24.9 Å². The van der Waals surface area contributed by atoms with Gasteiger partial charge >= 0.3 is 0 Å². The Labute approximate surface area is 197 Å². The van der Waals surface area contributed by atoms with Gasteiger partial charge in [0.05, 0.1) is 17.9 Å². The van der Waals surface area contributed by atoms with E-state index in [-0.39, 0.29) is 12.4 Å². The lowest BCUT2D eigenvalue weighted by Gasteiger charge is -2.20. The summed E-state index contributed by atoms with van der Waals surface area (Å²) in [4.78, 5) is 21.7. The van der Waals surface area contributed by atoms with Crippen LogP contribution in [0.5, 0.6) is 5.88 Å². The topological polar surface area (TPSA) is 73.1 Å². The van der Waals surface area contributed by atoms with Gasteiger partial charge in [0.1, 0.15) is 24.9 Å². The Bertz CT molecular complexity index is 1160. The van der Waals surface area contributed by atoms with Crippen LogP contribution in [0.1, 0.15) is 23.7 Å². The summed E-state index contributed by atoms with van der Waals surface area (Å²) in [5.41, 5.74) is 4.03. The van der Waals surface area contributed by atoms with Crippen molar-refractivity contribution in [2.24, 2.45) is 7.05 Å². The second kappa shape index (κ2) is 11.8. The highest BCUT2D eigenvalue weighted by atomic mass is 19.1. The summed E-state index contributed by atoms with van der Waals surface area (Å²) in [6.45, 7) is 3.24. The Balaban J connectivity index is 1.67. The maximum absolute atomic E-state index is 14.1. The van der Waals surface area contributed by atoms with Gasteiger partial charge in [-0.05, 0) is 31.6 Å². The van der Waals surface area contributed by atoms with E-state index >= 15 is 0 Å². The van der Waals surface area contributed by atoms with Gasteiger partial charge in [0.2, 0.25) is 12.3 Å². The van der Waals surface area contributed by atoms with Gasteiger partial charge in [-0.1, -0.05) is 36.4 Å². The van der Waals surface area contributed by atoms with Gasteiger partial charge in [-0.3, -0.25) is 9.48 Å². The van der Waals surface area contributed by atoms with Crippen molar-refractivity contribution < 1.29 is 18.3 Å². The van der Waals surface area contributed by atoms with E-state index in [4.69, 9.17) is 4.74 Å². The average molecular weight is 468 g/mol. The number of amides is 1. The molecule has 1 unspecified atom stereocenters. The van der Waals surface area contributed by atoms with Gasteiger partial charge in [-0.2, -0.15) is 5.10 Å². The molecule has 0 saturated carbocycles. The minimum absolute atomic E-state index is 0.223. The molecular formula is C25H27F2N5O2. The standard InChI is InChI=1S/C25H27F2N5O2/c1-18-24(28-16-29-25(18)34-19(2)22(27)6-4-5-12-26)15-32(17-33)14-20-7-9-21(10-8-20)23-11-13-31(3)30-23/h4-11,13,16-17,19H,12,14-15H2,1-3H3/b5-4-,22-6+. The molecule has 0 fully saturated rings. The van der Waals surface area contributed by atoms with E-state index in [9.17, 15) is 13.6 Å². The fourth-order valence-corrected chi connectivity index (χ4v) is 3.22. The maximum atomic E-state index is 14.1. The fourth-order valence-electron chi connectivity index (χ4n) is 3.22. The highest BCUT2D eigenvalue weighted by Gasteiger charge is 2.16. The third kappa shape index (κ3) is 6.57. The van der Waals surface area contributed by atoms with E-state index in [0.717, 1.165) is 29.3 Å². The first kappa shape index (κ1) is 24.8. The maximum Gasteiger partial charge on any atom is 0.220 e. The number of hydrogen-bond acceptors (Lipinski definition) is 5. The Morgan fingerprint density at radius 2 is 1.97 bits per heavy atom. The van der Waals surface area contributed by atoms with Crippen LogP contribution in [0.15, 0.2) is 66.9 Å². The lowest BCUT2D eigenvalue weighted by atomic mass is 10.1. The van der Waals surface area contributed by atoms with Gasteiger partial charge in [0.15, 0.2) is 0 Å². The van der Waals surface area contributed by atoms with Crippen LogP contribution in [0.2, 0.25) is 0 Å². The van der Waals surface area contributed by atoms with Gasteiger partial charge in [-0.25, -0.2) is 18.7 Å². The Kier molecular flexibility index (Phi) is 8.61. The summed E-state index contributed by atoms with van der Waals surface area (Å²) in [5, 5.41) is 4.39. The van der Waals surface area contributed by atoms with Crippen molar-refractivity contribution in [3.05, 3.63) is 83.7 Å². The predicted octanol–water partition coefficient (Wildman–Crippen LogP) is 4.49. The predicted molar refractivity (Wildman–Crippen MR) is 125 cm³/mol. The second-order valence-corrected chi connectivity index (χ2v) is 7.73. The first-order valence-corrected chi connectivity index (χ1v) is 10.7. The van der Waals surface area contributed by atoms with Crippen molar-refractivity contribution in [1.82, 2.24) is 24.6 Å². The molecule has 0 aliphatic heterocycles. The number of benzene rings is 1. The van der Waals surface area contributed by atoms with E-state index in [0.29, 0.717) is 17.8 Å². The Morgan fingerprint density at radius 1 is 1.21 bits per heavy atom. The summed E-state index contributed by atoms with van der Waals surface area (Å²) in [6.07, 6.45) is 6.68. The van der Waals surface area contributed by atoms with Gasteiger partial charge < -0.3 is 9.64 Å². The molecule has 9 heteroatoms. The number of aromatic nitrogens is 4. The number of halogens is 2. The molecule has 7 nitrogen and oxygen atoms in total. The molecule has 0 spiro atoms. The van der Waals surface area contributed by atoms with Crippen LogP contribution in [0.3, 0.4) is 0 Å². The van der Waals surface area contributed by atoms with E-state index in [1.807, 2.05) is 43.6 Å². The molecule has 34 heavy (non-hydrogen) atoms. The smallest absolute Gasteiger partial charge is 0.220 e. The van der Waals surface area contributed by atoms with E-state index < -0.39 is 18.6 Å². The third-order valence-corrected chi connectivity index (χ3v) is 5.15. The number of alkyl halides is 1. The average Bonchev–Trinajstić information content (AvgIpc) is 3.27. The molecule has 2 heterocycles. The van der Waals surface area contributed by atoms with Crippen LogP contribution >= 0.6 is 0 Å². The van der Waals surface area contributed by atoms with Crippen molar-refractivity contribution in [2.75, 3.05) is 6.67 Å². The van der Waals surface area contributed by atoms with Crippen LogP contribution in [-0.4, -0.2) is 43.8 Å². The van der Waals surface area contributed by atoms with Crippen molar-refractivity contribution in [3.8, 4) is 17.1 Å². The number of allylic oxidation sites excluding steroid dienone is 3. The fraction of sp³-hybridized carbons (Fsp3) is 0.280. The Hall–Kier alpha value is -3.88. The highest BCUT2D eigenvalue weighted by Crippen LogP contribution is 2.22. The van der Waals surface area contributed by atoms with E-state index in [2.05, 4.69) is 15.1 Å². The molecule has 1 atom stereocenters. The number of carbonyl (C=O) groups excluding carboxylic acids is 1. The summed E-state index contributed by atoms with van der Waals surface area (Å²) < 4.78 is 33.6. The van der Waals surface area contributed by atoms with Crippen LogP contribution in [0.4, 0.5) is 8.78 Å². The van der Waals surface area contributed by atoms with Crippen molar-refractivity contribution in [1.29, 1.82) is 0 Å². The summed E-state index contributed by atoms with van der Waals surface area (Å²) >= 11 is 0. The molecule has 1 aromatic carbocycles. The lowest BCUT2D eigenvalue weighted by Crippen LogP contribution is -2.23. The SMILES string of the molecule is Cc1c(CN(C=O)Cc2ccc(-c3ccn(C)n3)cc2)ncnc1OC(C)/C(F)=C\C=C/CF. The van der Waals surface area contributed by atoms with Gasteiger partial charge in [0.25, 0.3) is 0 Å². The number of hydrogen-bond donors (Lipinski definition) is 0. The van der Waals surface area contributed by atoms with Crippen molar-refractivity contribution >= 4 is 6.41 Å². The molecule has 0 saturated heterocycles. The number of aryl methyl sites for hydroxylation is 1. The van der Waals surface area contributed by atoms with Crippen molar-refractivity contribution in [3.63, 3.8) is 0 Å². The summed E-state index contributed by atoms with van der Waals surface area (Å²) in [6, 6.07) is 9.78. The number of carbonyl (C=O) groups is 1. The monoisotopic (exact) mass is 467 g/mol. The van der Waals surface area contributed by atoms with E-state index in [1.54, 1.807) is 16.5 Å². The van der Waals surface area contributed by atoms with Crippen molar-refractivity contribution in [2.45, 2.75) is 33.0 Å². The molecule has 3 rings (SSSR count). The molecule has 2 aromatic heterocycles. The first-order valence-electron chi connectivity index (χ1n) is 10.7. The van der Waals surface area contributed by atoms with Crippen LogP contribution in [0, 0.1) is 6.92 Å². The Morgan fingerprint density at radius 3 is 2.62 bits per heavy atom. The molecule has 178 valence electrons. The number of rotatable bonds is 11. The minimum atomic E-state index is -0.912. The summed E-state index contributed by atoms with van der Waals surface area (Å²) in [7, 11) is 1.87. The van der Waals surface area contributed by atoms with E-state index in [1.165, 1.54) is 25.4 Å².